The zero-order valence-electron chi connectivity index (χ0n) is 11.9. The van der Waals surface area contributed by atoms with Crippen LogP contribution < -0.4 is 0 Å². The Balaban J connectivity index is 0.00000172. The van der Waals surface area contributed by atoms with Crippen molar-refractivity contribution in [3.05, 3.63) is 58.7 Å². The molecule has 1 unspecified atom stereocenters. The molecule has 6 heteroatoms. The van der Waals surface area contributed by atoms with Crippen molar-refractivity contribution >= 4 is 0 Å². The van der Waals surface area contributed by atoms with E-state index in [1.165, 1.54) is 6.08 Å². The molecule has 1 rings (SSSR count). The molecular weight excluding hydrogens is 262 g/mol. The molecule has 0 aromatic carbocycles. The predicted molar refractivity (Wildman–Crippen MR) is 76.4 cm³/mol. The molecule has 0 spiro atoms. The van der Waals surface area contributed by atoms with Crippen LogP contribution in [-0.4, -0.2) is 29.3 Å². The van der Waals surface area contributed by atoms with Crippen LogP contribution in [0.1, 0.15) is 20.3 Å². The first-order chi connectivity index (χ1) is 9.51. The summed E-state index contributed by atoms with van der Waals surface area (Å²) < 4.78 is 10.6. The Labute approximate surface area is 118 Å². The Morgan fingerprint density at radius 1 is 1.60 bits per heavy atom. The van der Waals surface area contributed by atoms with Crippen LogP contribution in [0, 0.1) is 10.1 Å². The van der Waals surface area contributed by atoms with Crippen LogP contribution in [0.3, 0.4) is 0 Å². The van der Waals surface area contributed by atoms with Crippen LogP contribution >= 0.6 is 0 Å². The molecule has 1 N–H and O–H groups in total. The van der Waals surface area contributed by atoms with Crippen molar-refractivity contribution in [3.8, 4) is 0 Å². The quantitative estimate of drug-likeness (QED) is 0.476. The van der Waals surface area contributed by atoms with Crippen molar-refractivity contribution in [3.63, 3.8) is 0 Å². The van der Waals surface area contributed by atoms with Gasteiger partial charge >= 0.3 is 0 Å². The summed E-state index contributed by atoms with van der Waals surface area (Å²) in [5.41, 5.74) is -0.0496. The number of hydrogen-bond donors (Lipinski definition) is 1. The van der Waals surface area contributed by atoms with Crippen LogP contribution in [-0.2, 0) is 9.47 Å². The maximum absolute atomic E-state index is 10.8. The summed E-state index contributed by atoms with van der Waals surface area (Å²) >= 11 is 0. The zero-order valence-corrected chi connectivity index (χ0v) is 11.9. The third-order valence-electron chi connectivity index (χ3n) is 2.38. The number of nitro groups is 1. The fourth-order valence-corrected chi connectivity index (χ4v) is 1.45. The molecule has 6 nitrogen and oxygen atoms in total. The number of aliphatic hydroxyl groups excluding tert-OH is 1. The minimum atomic E-state index is -0.606. The second-order valence-electron chi connectivity index (χ2n) is 3.66. The molecule has 0 amide bonds. The number of ether oxygens (including phenoxy) is 2. The molecule has 0 aromatic rings. The lowest BCUT2D eigenvalue weighted by Gasteiger charge is -2.28. The highest BCUT2D eigenvalue weighted by atomic mass is 16.6. The smallest absolute Gasteiger partial charge is 0.269 e. The second kappa shape index (κ2) is 8.92. The van der Waals surface area contributed by atoms with Gasteiger partial charge in [-0.15, -0.1) is 6.58 Å². The van der Waals surface area contributed by atoms with Crippen molar-refractivity contribution in [2.24, 2.45) is 0 Å². The lowest BCUT2D eigenvalue weighted by atomic mass is 10.1. The first-order valence-corrected chi connectivity index (χ1v) is 6.28. The van der Waals surface area contributed by atoms with Crippen molar-refractivity contribution in [1.29, 1.82) is 0 Å². The molecular formula is C14H21NO5. The normalized spacial score (nSPS) is 19.8. The Morgan fingerprint density at radius 3 is 2.65 bits per heavy atom. The molecule has 1 fully saturated rings. The second-order valence-corrected chi connectivity index (χ2v) is 3.66. The first-order valence-electron chi connectivity index (χ1n) is 6.28. The van der Waals surface area contributed by atoms with Gasteiger partial charge < -0.3 is 14.6 Å². The molecule has 1 aliphatic heterocycles. The molecule has 0 aromatic heterocycles. The molecule has 0 radical (unpaired) electrons. The van der Waals surface area contributed by atoms with E-state index in [1.807, 2.05) is 13.8 Å². The summed E-state index contributed by atoms with van der Waals surface area (Å²) in [4.78, 5) is 10.2. The van der Waals surface area contributed by atoms with Crippen LogP contribution in [0.5, 0.6) is 0 Å². The Kier molecular flexibility index (Phi) is 8.00. The maximum Gasteiger partial charge on any atom is 0.269 e. The lowest BCUT2D eigenvalue weighted by molar-refractivity contribution is -0.420. The number of hydrogen-bond acceptors (Lipinski definition) is 5. The number of aliphatic hydroxyl groups is 1. The highest BCUT2D eigenvalue weighted by molar-refractivity contribution is 5.36. The third kappa shape index (κ3) is 4.55. The van der Waals surface area contributed by atoms with Gasteiger partial charge in [0.05, 0.1) is 17.1 Å². The van der Waals surface area contributed by atoms with Gasteiger partial charge in [0.1, 0.15) is 6.61 Å². The van der Waals surface area contributed by atoms with Crippen LogP contribution in [0.15, 0.2) is 48.6 Å². The molecule has 1 saturated heterocycles. The summed E-state index contributed by atoms with van der Waals surface area (Å²) in [6, 6.07) is 0. The van der Waals surface area contributed by atoms with Crippen molar-refractivity contribution in [1.82, 2.24) is 0 Å². The average Bonchev–Trinajstić information content (AvgIpc) is 2.47. The Bertz CT molecular complexity index is 425. The minimum Gasteiger partial charge on any atom is -0.486 e. The highest BCUT2D eigenvalue weighted by Crippen LogP contribution is 2.29. The minimum absolute atomic E-state index is 0.155. The van der Waals surface area contributed by atoms with E-state index in [9.17, 15) is 10.1 Å². The first kappa shape index (κ1) is 17.9. The van der Waals surface area contributed by atoms with E-state index < -0.39 is 11.0 Å². The molecule has 1 atom stereocenters. The number of nitrogens with zero attached hydrogens (tertiary/aromatic N) is 1. The SMILES string of the molecule is C=CC/C(C(=C)[N+](=O)[O-])=C1\OC(CO)COC1=C.CC. The van der Waals surface area contributed by atoms with Gasteiger partial charge in [0.25, 0.3) is 5.70 Å². The van der Waals surface area contributed by atoms with Crippen molar-refractivity contribution < 1.29 is 19.5 Å². The largest absolute Gasteiger partial charge is 0.486 e. The molecule has 0 aliphatic carbocycles. The van der Waals surface area contributed by atoms with E-state index in [4.69, 9.17) is 14.6 Å². The van der Waals surface area contributed by atoms with E-state index in [1.54, 1.807) is 0 Å². The van der Waals surface area contributed by atoms with Gasteiger partial charge in [-0.3, -0.25) is 10.1 Å². The van der Waals surface area contributed by atoms with E-state index in [-0.39, 0.29) is 42.4 Å². The zero-order chi connectivity index (χ0) is 15.7. The third-order valence-corrected chi connectivity index (χ3v) is 2.38. The highest BCUT2D eigenvalue weighted by Gasteiger charge is 2.28. The van der Waals surface area contributed by atoms with Gasteiger partial charge in [-0.2, -0.15) is 0 Å². The predicted octanol–water partition coefficient (Wildman–Crippen LogP) is 2.55. The molecule has 0 bridgehead atoms. The fourth-order valence-electron chi connectivity index (χ4n) is 1.45. The van der Waals surface area contributed by atoms with Crippen molar-refractivity contribution in [2.75, 3.05) is 13.2 Å². The average molecular weight is 283 g/mol. The number of allylic oxidation sites excluding steroid dienone is 2. The maximum atomic E-state index is 10.8. The molecule has 1 heterocycles. The van der Waals surface area contributed by atoms with Crippen LogP contribution in [0.2, 0.25) is 0 Å². The monoisotopic (exact) mass is 283 g/mol. The molecule has 112 valence electrons. The number of rotatable bonds is 5. The van der Waals surface area contributed by atoms with Gasteiger partial charge in [0.2, 0.25) is 0 Å². The van der Waals surface area contributed by atoms with Gasteiger partial charge in [0, 0.05) is 6.42 Å². The fraction of sp³-hybridized carbons (Fsp3) is 0.429. The molecule has 20 heavy (non-hydrogen) atoms. The Morgan fingerprint density at radius 2 is 2.20 bits per heavy atom. The lowest BCUT2D eigenvalue weighted by Crippen LogP contribution is -2.30. The van der Waals surface area contributed by atoms with Gasteiger partial charge in [-0.05, 0) is 6.58 Å². The molecule has 0 saturated carbocycles. The van der Waals surface area contributed by atoms with E-state index in [0.717, 1.165) is 0 Å². The van der Waals surface area contributed by atoms with Gasteiger partial charge in [0.15, 0.2) is 17.6 Å². The topological polar surface area (TPSA) is 81.8 Å². The van der Waals surface area contributed by atoms with Gasteiger partial charge in [-0.1, -0.05) is 26.5 Å². The standard InChI is InChI=1S/C12H15NO5.C2H6/c1-4-5-11(8(2)13(15)16)12-9(3)17-7-10(6-14)18-12;1-2/h4,10,14H,1-3,5-7H2;1-2H3/b12-11+;. The summed E-state index contributed by atoms with van der Waals surface area (Å²) in [5, 5.41) is 19.8. The Hall–Kier alpha value is -2.08. The summed E-state index contributed by atoms with van der Waals surface area (Å²) in [6.07, 6.45) is 1.14. The van der Waals surface area contributed by atoms with E-state index in [0.29, 0.717) is 0 Å². The van der Waals surface area contributed by atoms with Crippen LogP contribution in [0.25, 0.3) is 0 Å². The van der Waals surface area contributed by atoms with E-state index >= 15 is 0 Å². The van der Waals surface area contributed by atoms with E-state index in [2.05, 4.69) is 19.7 Å². The summed E-state index contributed by atoms with van der Waals surface area (Å²) in [6.45, 7) is 14.5. The van der Waals surface area contributed by atoms with Crippen molar-refractivity contribution in [2.45, 2.75) is 26.4 Å². The summed E-state index contributed by atoms with van der Waals surface area (Å²) in [7, 11) is 0. The summed E-state index contributed by atoms with van der Waals surface area (Å²) in [5.74, 6) is 0.349. The van der Waals surface area contributed by atoms with Crippen LogP contribution in [0.4, 0.5) is 0 Å². The molecule has 1 aliphatic rings. The van der Waals surface area contributed by atoms with Gasteiger partial charge in [-0.25, -0.2) is 0 Å².